The van der Waals surface area contributed by atoms with Gasteiger partial charge in [-0.1, -0.05) is 6.92 Å². The number of carbonyl (C=O) groups excluding carboxylic acids is 1. The summed E-state index contributed by atoms with van der Waals surface area (Å²) >= 11 is 0. The molecule has 4 rings (SSSR count). The number of nitrogens with one attached hydrogen (secondary N) is 1. The van der Waals surface area contributed by atoms with E-state index in [2.05, 4.69) is 12.2 Å². The molecule has 0 aromatic heterocycles. The van der Waals surface area contributed by atoms with Gasteiger partial charge in [0, 0.05) is 12.5 Å². The first kappa shape index (κ1) is 9.68. The molecule has 4 fully saturated rings. The third-order valence-corrected chi connectivity index (χ3v) is 4.79. The lowest BCUT2D eigenvalue weighted by Gasteiger charge is -2.61. The summed E-state index contributed by atoms with van der Waals surface area (Å²) < 4.78 is 0. The van der Waals surface area contributed by atoms with E-state index in [1.54, 1.807) is 6.92 Å². The Kier molecular flexibility index (Phi) is 1.79. The van der Waals surface area contributed by atoms with E-state index in [0.29, 0.717) is 5.41 Å². The van der Waals surface area contributed by atoms with Crippen LogP contribution in [0.5, 0.6) is 0 Å². The molecule has 1 N–H and O–H groups in total. The van der Waals surface area contributed by atoms with E-state index in [-0.39, 0.29) is 11.4 Å². The highest BCUT2D eigenvalue weighted by molar-refractivity contribution is 5.74. The van der Waals surface area contributed by atoms with E-state index in [1.165, 1.54) is 38.5 Å². The standard InChI is InChI=1S/C13H21NO/c1-9(15)14-13-6-10-3-11(7-13)5-12(2,4-10)8-13/h10-11H,3-8H2,1-2H3,(H,14,15)/t10-,11+,12?,13?. The number of carbonyl (C=O) groups is 1. The molecule has 15 heavy (non-hydrogen) atoms. The maximum absolute atomic E-state index is 11.3. The molecule has 2 heteroatoms. The minimum absolute atomic E-state index is 0.167. The van der Waals surface area contributed by atoms with Gasteiger partial charge in [-0.15, -0.1) is 0 Å². The quantitative estimate of drug-likeness (QED) is 0.703. The summed E-state index contributed by atoms with van der Waals surface area (Å²) in [5.41, 5.74) is 0.719. The normalized spacial score (nSPS) is 51.9. The first-order valence-corrected chi connectivity index (χ1v) is 6.27. The van der Waals surface area contributed by atoms with E-state index >= 15 is 0 Å². The Morgan fingerprint density at radius 3 is 2.27 bits per heavy atom. The van der Waals surface area contributed by atoms with Crippen molar-refractivity contribution in [1.82, 2.24) is 5.32 Å². The van der Waals surface area contributed by atoms with Crippen molar-refractivity contribution in [2.45, 2.75) is 57.9 Å². The van der Waals surface area contributed by atoms with Crippen LogP contribution >= 0.6 is 0 Å². The molecule has 4 atom stereocenters. The molecule has 0 spiro atoms. The minimum atomic E-state index is 0.167. The lowest BCUT2D eigenvalue weighted by molar-refractivity contribution is -0.128. The molecule has 4 aliphatic carbocycles. The van der Waals surface area contributed by atoms with Gasteiger partial charge < -0.3 is 5.32 Å². The second kappa shape index (κ2) is 2.78. The third-order valence-electron chi connectivity index (χ3n) is 4.79. The van der Waals surface area contributed by atoms with Crippen molar-refractivity contribution >= 4 is 5.91 Å². The van der Waals surface area contributed by atoms with Crippen molar-refractivity contribution in [3.63, 3.8) is 0 Å². The summed E-state index contributed by atoms with van der Waals surface area (Å²) in [5, 5.41) is 3.27. The first-order valence-electron chi connectivity index (χ1n) is 6.27. The van der Waals surface area contributed by atoms with E-state index in [9.17, 15) is 4.79 Å². The fraction of sp³-hybridized carbons (Fsp3) is 0.923. The molecular formula is C13H21NO. The second-order valence-corrected chi connectivity index (χ2v) is 6.73. The summed E-state index contributed by atoms with van der Waals surface area (Å²) in [5.74, 6) is 1.95. The number of hydrogen-bond donors (Lipinski definition) is 1. The van der Waals surface area contributed by atoms with Crippen LogP contribution in [0.25, 0.3) is 0 Å². The molecule has 4 bridgehead atoms. The molecule has 0 aromatic carbocycles. The highest BCUT2D eigenvalue weighted by atomic mass is 16.1. The van der Waals surface area contributed by atoms with Crippen molar-refractivity contribution in [3.05, 3.63) is 0 Å². The van der Waals surface area contributed by atoms with Crippen LogP contribution in [-0.2, 0) is 4.79 Å². The molecule has 4 aliphatic rings. The number of rotatable bonds is 1. The van der Waals surface area contributed by atoms with Gasteiger partial charge in [0.15, 0.2) is 0 Å². The van der Waals surface area contributed by atoms with E-state index < -0.39 is 0 Å². The molecule has 2 unspecified atom stereocenters. The highest BCUT2D eigenvalue weighted by Crippen LogP contribution is 2.61. The van der Waals surface area contributed by atoms with Gasteiger partial charge in [0.1, 0.15) is 0 Å². The summed E-state index contributed by atoms with van der Waals surface area (Å²) in [4.78, 5) is 11.3. The topological polar surface area (TPSA) is 29.1 Å². The van der Waals surface area contributed by atoms with Crippen LogP contribution in [0.15, 0.2) is 0 Å². The van der Waals surface area contributed by atoms with Gasteiger partial charge in [0.05, 0.1) is 0 Å². The number of hydrogen-bond acceptors (Lipinski definition) is 1. The average molecular weight is 207 g/mol. The van der Waals surface area contributed by atoms with Gasteiger partial charge in [0.2, 0.25) is 5.91 Å². The molecule has 84 valence electrons. The molecule has 0 aliphatic heterocycles. The zero-order valence-corrected chi connectivity index (χ0v) is 9.81. The van der Waals surface area contributed by atoms with Crippen LogP contribution in [0, 0.1) is 17.3 Å². The van der Waals surface area contributed by atoms with Gasteiger partial charge in [-0.2, -0.15) is 0 Å². The Bertz CT molecular complexity index is 296. The van der Waals surface area contributed by atoms with Crippen molar-refractivity contribution in [2.24, 2.45) is 17.3 Å². The Balaban J connectivity index is 1.89. The van der Waals surface area contributed by atoms with Crippen LogP contribution < -0.4 is 5.32 Å². The molecule has 0 heterocycles. The highest BCUT2D eigenvalue weighted by Gasteiger charge is 2.55. The third kappa shape index (κ3) is 1.49. The fourth-order valence-electron chi connectivity index (χ4n) is 5.24. The lowest BCUT2D eigenvalue weighted by atomic mass is 9.47. The molecule has 0 aromatic rings. The predicted octanol–water partition coefficient (Wildman–Crippen LogP) is 2.48. The van der Waals surface area contributed by atoms with Crippen molar-refractivity contribution in [2.75, 3.05) is 0 Å². The van der Waals surface area contributed by atoms with Crippen LogP contribution in [-0.4, -0.2) is 11.4 Å². The molecule has 2 nitrogen and oxygen atoms in total. The monoisotopic (exact) mass is 207 g/mol. The van der Waals surface area contributed by atoms with Crippen molar-refractivity contribution in [3.8, 4) is 0 Å². The van der Waals surface area contributed by atoms with Crippen molar-refractivity contribution in [1.29, 1.82) is 0 Å². The maximum Gasteiger partial charge on any atom is 0.217 e. The Labute approximate surface area is 91.8 Å². The van der Waals surface area contributed by atoms with Gasteiger partial charge in [-0.25, -0.2) is 0 Å². The second-order valence-electron chi connectivity index (χ2n) is 6.73. The van der Waals surface area contributed by atoms with E-state index in [4.69, 9.17) is 0 Å². The summed E-state index contributed by atoms with van der Waals surface area (Å²) in [6, 6.07) is 0. The largest absolute Gasteiger partial charge is 0.351 e. The maximum atomic E-state index is 11.3. The van der Waals surface area contributed by atoms with E-state index in [0.717, 1.165) is 11.8 Å². The fourth-order valence-corrected chi connectivity index (χ4v) is 5.24. The SMILES string of the molecule is CC(=O)NC12C[C@@H]3C[C@@H](CC(C)(C3)C1)C2. The summed E-state index contributed by atoms with van der Waals surface area (Å²) in [7, 11) is 0. The van der Waals surface area contributed by atoms with Crippen LogP contribution in [0.4, 0.5) is 0 Å². The zero-order valence-electron chi connectivity index (χ0n) is 9.81. The smallest absolute Gasteiger partial charge is 0.217 e. The first-order chi connectivity index (χ1) is 6.99. The molecule has 4 saturated carbocycles. The van der Waals surface area contributed by atoms with Crippen LogP contribution in [0.3, 0.4) is 0 Å². The lowest BCUT2D eigenvalue weighted by Crippen LogP contribution is -2.62. The average Bonchev–Trinajstić information content (AvgIpc) is 1.94. The Hall–Kier alpha value is -0.530. The van der Waals surface area contributed by atoms with Gasteiger partial charge in [-0.3, -0.25) is 4.79 Å². The van der Waals surface area contributed by atoms with Crippen molar-refractivity contribution < 1.29 is 4.79 Å². The van der Waals surface area contributed by atoms with Gasteiger partial charge >= 0.3 is 0 Å². The number of amides is 1. The molecular weight excluding hydrogens is 186 g/mol. The summed E-state index contributed by atoms with van der Waals surface area (Å²) in [6.45, 7) is 4.10. The van der Waals surface area contributed by atoms with Gasteiger partial charge in [0.25, 0.3) is 0 Å². The molecule has 0 radical (unpaired) electrons. The molecule has 0 saturated heterocycles. The Morgan fingerprint density at radius 1 is 1.20 bits per heavy atom. The Morgan fingerprint density at radius 2 is 1.80 bits per heavy atom. The van der Waals surface area contributed by atoms with Crippen LogP contribution in [0.1, 0.15) is 52.4 Å². The molecule has 1 amide bonds. The summed E-state index contributed by atoms with van der Waals surface area (Å²) in [6.07, 6.45) is 7.97. The van der Waals surface area contributed by atoms with E-state index in [1.807, 2.05) is 0 Å². The minimum Gasteiger partial charge on any atom is -0.351 e. The predicted molar refractivity (Wildman–Crippen MR) is 59.3 cm³/mol. The zero-order chi connectivity index (χ0) is 10.7. The van der Waals surface area contributed by atoms with Gasteiger partial charge in [-0.05, 0) is 55.8 Å². The van der Waals surface area contributed by atoms with Crippen LogP contribution in [0.2, 0.25) is 0 Å².